The van der Waals surface area contributed by atoms with E-state index in [4.69, 9.17) is 9.47 Å². The summed E-state index contributed by atoms with van der Waals surface area (Å²) in [7, 11) is 1.47. The predicted octanol–water partition coefficient (Wildman–Crippen LogP) is 7.24. The van der Waals surface area contributed by atoms with Crippen molar-refractivity contribution in [2.75, 3.05) is 7.11 Å². The number of ether oxygens (including phenoxy) is 2. The number of carbonyl (C=O) groups is 2. The zero-order valence-corrected chi connectivity index (χ0v) is 22.6. The van der Waals surface area contributed by atoms with Gasteiger partial charge < -0.3 is 9.47 Å². The molecule has 6 atom stereocenters. The minimum Gasteiger partial charge on any atom is -0.469 e. The molecule has 0 N–H and O–H groups in total. The van der Waals surface area contributed by atoms with Gasteiger partial charge in [0.25, 0.3) is 0 Å². The first-order valence-electron chi connectivity index (χ1n) is 13.1. The fourth-order valence-corrected chi connectivity index (χ4v) is 7.78. The molecule has 35 heavy (non-hydrogen) atoms. The molecule has 4 nitrogen and oxygen atoms in total. The molecule has 0 spiro atoms. The fourth-order valence-electron chi connectivity index (χ4n) is 7.78. The molecular formula is C31H42O4. The average Bonchev–Trinajstić information content (AvgIpc) is 3.27. The highest BCUT2D eigenvalue weighted by atomic mass is 16.5. The largest absolute Gasteiger partial charge is 0.469 e. The monoisotopic (exact) mass is 478 g/mol. The van der Waals surface area contributed by atoms with Crippen molar-refractivity contribution < 1.29 is 19.1 Å². The maximum absolute atomic E-state index is 12.1. The lowest BCUT2D eigenvalue weighted by Crippen LogP contribution is -2.46. The summed E-state index contributed by atoms with van der Waals surface area (Å²) >= 11 is 0. The molecule has 190 valence electrons. The van der Waals surface area contributed by atoms with Crippen molar-refractivity contribution in [2.24, 2.45) is 34.0 Å². The molecule has 0 unspecified atom stereocenters. The van der Waals surface area contributed by atoms with E-state index < -0.39 is 0 Å². The number of allylic oxidation sites excluding steroid dienone is 7. The van der Waals surface area contributed by atoms with Crippen LogP contribution in [0.25, 0.3) is 0 Å². The maximum atomic E-state index is 12.1. The Morgan fingerprint density at radius 1 is 1.31 bits per heavy atom. The summed E-state index contributed by atoms with van der Waals surface area (Å²) in [5, 5.41) is 0. The predicted molar refractivity (Wildman–Crippen MR) is 139 cm³/mol. The lowest BCUT2D eigenvalue weighted by molar-refractivity contribution is -0.141. The van der Waals surface area contributed by atoms with Gasteiger partial charge in [0.2, 0.25) is 0 Å². The van der Waals surface area contributed by atoms with Crippen molar-refractivity contribution in [3.05, 3.63) is 58.9 Å². The van der Waals surface area contributed by atoms with E-state index in [0.717, 1.165) is 37.7 Å². The fraction of sp³-hybridized carbons (Fsp3) is 0.613. The van der Waals surface area contributed by atoms with Crippen LogP contribution in [-0.4, -0.2) is 19.0 Å². The van der Waals surface area contributed by atoms with Gasteiger partial charge in [-0.2, -0.15) is 0 Å². The molecule has 0 aromatic rings. The number of hydrogen-bond acceptors (Lipinski definition) is 4. The Balaban J connectivity index is 1.71. The van der Waals surface area contributed by atoms with Crippen molar-refractivity contribution >= 4 is 11.9 Å². The van der Waals surface area contributed by atoms with Gasteiger partial charge in [-0.1, -0.05) is 57.6 Å². The first kappa shape index (κ1) is 25.7. The molecule has 0 radical (unpaired) electrons. The normalized spacial score (nSPS) is 38.1. The first-order chi connectivity index (χ1) is 16.4. The highest BCUT2D eigenvalue weighted by Gasteiger charge is 2.58. The number of esters is 2. The molecule has 4 rings (SSSR count). The third-order valence-electron chi connectivity index (χ3n) is 10.4. The van der Waals surface area contributed by atoms with Crippen LogP contribution in [0.15, 0.2) is 58.9 Å². The second-order valence-corrected chi connectivity index (χ2v) is 12.1. The smallest absolute Gasteiger partial charge is 0.339 e. The topological polar surface area (TPSA) is 52.6 Å². The number of methoxy groups -OCH3 is 1. The van der Waals surface area contributed by atoms with Gasteiger partial charge in [-0.3, -0.25) is 4.79 Å². The lowest BCUT2D eigenvalue weighted by atomic mass is 9.49. The molecule has 0 bridgehead atoms. The summed E-state index contributed by atoms with van der Waals surface area (Å²) in [6, 6.07) is 0. The summed E-state index contributed by atoms with van der Waals surface area (Å²) < 4.78 is 10.5. The molecule has 4 aliphatic rings. The summed E-state index contributed by atoms with van der Waals surface area (Å²) in [4.78, 5) is 24.0. The number of rotatable bonds is 6. The van der Waals surface area contributed by atoms with Gasteiger partial charge in [0.15, 0.2) is 0 Å². The summed E-state index contributed by atoms with van der Waals surface area (Å²) in [5.41, 5.74) is 5.03. The molecule has 1 fully saturated rings. The molecule has 3 aliphatic carbocycles. The van der Waals surface area contributed by atoms with Crippen molar-refractivity contribution in [3.63, 3.8) is 0 Å². The summed E-state index contributed by atoms with van der Waals surface area (Å²) in [5.74, 6) is 1.27. The zero-order chi connectivity index (χ0) is 25.8. The van der Waals surface area contributed by atoms with Crippen molar-refractivity contribution in [1.82, 2.24) is 0 Å². The van der Waals surface area contributed by atoms with Crippen molar-refractivity contribution in [1.29, 1.82) is 0 Å². The second kappa shape index (κ2) is 8.94. The Labute approximate surface area is 211 Å². The maximum Gasteiger partial charge on any atom is 0.339 e. The van der Waals surface area contributed by atoms with E-state index in [2.05, 4.69) is 59.4 Å². The summed E-state index contributed by atoms with van der Waals surface area (Å²) in [6.07, 6.45) is 14.4. The van der Waals surface area contributed by atoms with Crippen LogP contribution >= 0.6 is 0 Å². The van der Waals surface area contributed by atoms with E-state index in [9.17, 15) is 9.59 Å². The summed E-state index contributed by atoms with van der Waals surface area (Å²) in [6.45, 7) is 17.8. The molecule has 1 heterocycles. The zero-order valence-electron chi connectivity index (χ0n) is 22.6. The van der Waals surface area contributed by atoms with Gasteiger partial charge >= 0.3 is 11.9 Å². The third kappa shape index (κ3) is 3.97. The van der Waals surface area contributed by atoms with E-state index in [1.54, 1.807) is 12.5 Å². The standard InChI is InChI=1S/C31H42O4/c1-19(2)24-10-9-23-25(29(24,5)14-13-27(32)34-8)11-16-31(7)26(23)12-15-30(31,6)21(4)18-22-17-20(3)28(33)35-22/h9-10,17-18,21,24-25H,1,11-16H2,2-8H3/b22-18-/t21-,24+,25-,29+,30+,31-/m1/s1. The van der Waals surface area contributed by atoms with E-state index >= 15 is 0 Å². The Hall–Kier alpha value is -2.36. The van der Waals surface area contributed by atoms with Gasteiger partial charge in [-0.15, -0.1) is 0 Å². The van der Waals surface area contributed by atoms with Gasteiger partial charge in [0.05, 0.1) is 7.11 Å². The lowest BCUT2D eigenvalue weighted by Gasteiger charge is -2.54. The molecule has 1 aliphatic heterocycles. The highest BCUT2D eigenvalue weighted by molar-refractivity contribution is 5.92. The molecule has 1 saturated carbocycles. The van der Waals surface area contributed by atoms with Gasteiger partial charge in [-0.25, -0.2) is 4.79 Å². The highest BCUT2D eigenvalue weighted by Crippen LogP contribution is 2.68. The SMILES string of the molecule is C=C(C)[C@@H]1C=CC2=C3CC[C@@](C)([C@H](C)/C=C4/C=C(C)C(=O)O4)[C@]3(C)CC[C@H]2[C@@]1(C)CCC(=O)OC. The van der Waals surface area contributed by atoms with Crippen LogP contribution < -0.4 is 0 Å². The number of fused-ring (bicyclic) bond motifs is 2. The van der Waals surface area contributed by atoms with Gasteiger partial charge in [0, 0.05) is 17.9 Å². The number of carbonyl (C=O) groups excluding carboxylic acids is 2. The molecule has 0 aromatic carbocycles. The molecule has 0 amide bonds. The van der Waals surface area contributed by atoms with E-state index in [-0.39, 0.29) is 40.0 Å². The molecule has 0 aromatic heterocycles. The Morgan fingerprint density at radius 2 is 2.03 bits per heavy atom. The minimum absolute atomic E-state index is 0.0502. The van der Waals surface area contributed by atoms with Crippen LogP contribution in [0.4, 0.5) is 0 Å². The number of hydrogen-bond donors (Lipinski definition) is 0. The van der Waals surface area contributed by atoms with Crippen LogP contribution in [0.1, 0.15) is 80.1 Å². The van der Waals surface area contributed by atoms with Crippen LogP contribution in [0.3, 0.4) is 0 Å². The molecular weight excluding hydrogens is 436 g/mol. The Kier molecular flexibility index (Phi) is 6.57. The van der Waals surface area contributed by atoms with Crippen molar-refractivity contribution in [3.8, 4) is 0 Å². The number of cyclic esters (lactones) is 1. The Morgan fingerprint density at radius 3 is 2.63 bits per heavy atom. The van der Waals surface area contributed by atoms with Gasteiger partial charge in [-0.05, 0) is 91.8 Å². The van der Waals surface area contributed by atoms with Crippen LogP contribution in [-0.2, 0) is 19.1 Å². The van der Waals surface area contributed by atoms with Gasteiger partial charge in [0.1, 0.15) is 5.76 Å². The van der Waals surface area contributed by atoms with Crippen LogP contribution in [0.5, 0.6) is 0 Å². The van der Waals surface area contributed by atoms with Crippen LogP contribution in [0, 0.1) is 34.0 Å². The first-order valence-corrected chi connectivity index (χ1v) is 13.1. The van der Waals surface area contributed by atoms with E-state index in [0.29, 0.717) is 23.7 Å². The minimum atomic E-state index is -0.236. The molecule has 4 heteroatoms. The average molecular weight is 479 g/mol. The van der Waals surface area contributed by atoms with E-state index in [1.165, 1.54) is 12.7 Å². The quantitative estimate of drug-likeness (QED) is 0.298. The molecule has 0 saturated heterocycles. The second-order valence-electron chi connectivity index (χ2n) is 12.1. The van der Waals surface area contributed by atoms with E-state index in [1.807, 2.05) is 6.08 Å². The van der Waals surface area contributed by atoms with Crippen LogP contribution in [0.2, 0.25) is 0 Å². The van der Waals surface area contributed by atoms with Crippen molar-refractivity contribution in [2.45, 2.75) is 80.1 Å². The Bertz CT molecular complexity index is 1070. The third-order valence-corrected chi connectivity index (χ3v) is 10.4.